The predicted molar refractivity (Wildman–Crippen MR) is 139 cm³/mol. The van der Waals surface area contributed by atoms with Crippen LogP contribution in [0.1, 0.15) is 86.5 Å². The molecule has 2 saturated carbocycles. The van der Waals surface area contributed by atoms with Crippen molar-refractivity contribution in [1.29, 1.82) is 0 Å². The number of allylic oxidation sites excluding steroid dienone is 4. The summed E-state index contributed by atoms with van der Waals surface area (Å²) in [4.78, 5) is 13.1. The van der Waals surface area contributed by atoms with Gasteiger partial charge in [-0.3, -0.25) is 4.79 Å². The fourth-order valence-corrected chi connectivity index (χ4v) is 9.87. The number of carbonyl (C=O) groups excluding carboxylic acids is 1. The van der Waals surface area contributed by atoms with Crippen molar-refractivity contribution in [1.82, 2.24) is 0 Å². The molecule has 0 unspecified atom stereocenters. The zero-order valence-electron chi connectivity index (χ0n) is 20.4. The highest BCUT2D eigenvalue weighted by Crippen LogP contribution is 2.66. The summed E-state index contributed by atoms with van der Waals surface area (Å²) in [6, 6.07) is 0. The molecule has 3 heteroatoms. The molecule has 0 radical (unpaired) electrons. The lowest BCUT2D eigenvalue weighted by Gasteiger charge is -2.55. The Balaban J connectivity index is 1.57. The Morgan fingerprint density at radius 3 is 2.35 bits per heavy atom. The lowest BCUT2D eigenvalue weighted by Crippen LogP contribution is -2.47. The van der Waals surface area contributed by atoms with Crippen LogP contribution in [0.15, 0.2) is 23.3 Å². The van der Waals surface area contributed by atoms with Crippen LogP contribution >= 0.6 is 31.9 Å². The molecule has 1 nitrogen and oxygen atoms in total. The Bertz CT molecular complexity index is 782. The number of halogens is 2. The molecule has 31 heavy (non-hydrogen) atoms. The largest absolute Gasteiger partial charge is 0.295 e. The van der Waals surface area contributed by atoms with E-state index in [0.717, 1.165) is 31.1 Å². The minimum atomic E-state index is 0.231. The van der Waals surface area contributed by atoms with E-state index in [9.17, 15) is 4.79 Å². The second-order valence-corrected chi connectivity index (χ2v) is 14.3. The number of fused-ring (bicyclic) bond motifs is 5. The standard InChI is InChI=1S/C28H42Br2O/c1-16(2)17(3)25(29)26(30)18(4)22-9-10-23-21-8-7-19-15-20(31)11-13-27(19,5)24(21)12-14-28(22,23)6/h8,15-18,22-26H,7,9-14H2,1-6H3/t17-,18+,22+,23-,24+,25+,26-,27+,28+/m1/s1. The molecular weight excluding hydrogens is 512 g/mol. The van der Waals surface area contributed by atoms with E-state index < -0.39 is 0 Å². The minimum absolute atomic E-state index is 0.231. The maximum Gasteiger partial charge on any atom is 0.155 e. The molecule has 0 heterocycles. The number of hydrogen-bond donors (Lipinski definition) is 0. The van der Waals surface area contributed by atoms with E-state index in [-0.39, 0.29) is 5.41 Å². The van der Waals surface area contributed by atoms with E-state index in [4.69, 9.17) is 0 Å². The van der Waals surface area contributed by atoms with E-state index in [1.165, 1.54) is 31.3 Å². The second kappa shape index (κ2) is 8.71. The van der Waals surface area contributed by atoms with Crippen molar-refractivity contribution < 1.29 is 4.79 Å². The van der Waals surface area contributed by atoms with Gasteiger partial charge >= 0.3 is 0 Å². The van der Waals surface area contributed by atoms with Gasteiger partial charge in [0.1, 0.15) is 0 Å². The molecule has 0 aromatic carbocycles. The summed E-state index contributed by atoms with van der Waals surface area (Å²) in [7, 11) is 0. The van der Waals surface area contributed by atoms with Crippen molar-refractivity contribution in [3.05, 3.63) is 23.3 Å². The number of alkyl halides is 2. The Morgan fingerprint density at radius 2 is 1.68 bits per heavy atom. The summed E-state index contributed by atoms with van der Waals surface area (Å²) >= 11 is 8.23. The summed E-state index contributed by atoms with van der Waals surface area (Å²) < 4.78 is 0. The number of ketones is 1. The zero-order chi connectivity index (χ0) is 22.7. The van der Waals surface area contributed by atoms with Crippen LogP contribution in [-0.4, -0.2) is 15.4 Å². The molecule has 4 rings (SSSR count). The second-order valence-electron chi connectivity index (χ2n) is 12.1. The van der Waals surface area contributed by atoms with Gasteiger partial charge in [0.25, 0.3) is 0 Å². The third-order valence-electron chi connectivity index (χ3n) is 10.5. The lowest BCUT2D eigenvalue weighted by atomic mass is 9.49. The fourth-order valence-electron chi connectivity index (χ4n) is 7.93. The molecule has 9 atom stereocenters. The van der Waals surface area contributed by atoms with Crippen molar-refractivity contribution in [3.8, 4) is 0 Å². The minimum Gasteiger partial charge on any atom is -0.295 e. The van der Waals surface area contributed by atoms with Crippen molar-refractivity contribution >= 4 is 37.6 Å². The quantitative estimate of drug-likeness (QED) is 0.246. The smallest absolute Gasteiger partial charge is 0.155 e. The molecule has 0 aliphatic heterocycles. The maximum absolute atomic E-state index is 12.1. The average Bonchev–Trinajstić information content (AvgIpc) is 3.09. The maximum atomic E-state index is 12.1. The molecule has 0 N–H and O–H groups in total. The van der Waals surface area contributed by atoms with Gasteiger partial charge in [-0.25, -0.2) is 0 Å². The van der Waals surface area contributed by atoms with Gasteiger partial charge in [-0.15, -0.1) is 0 Å². The highest BCUT2D eigenvalue weighted by atomic mass is 79.9. The fraction of sp³-hybridized carbons (Fsp3) is 0.821. The summed E-state index contributed by atoms with van der Waals surface area (Å²) in [5, 5.41) is 0. The van der Waals surface area contributed by atoms with Crippen molar-refractivity contribution in [2.75, 3.05) is 0 Å². The molecule has 0 saturated heterocycles. The van der Waals surface area contributed by atoms with Crippen LogP contribution in [0.25, 0.3) is 0 Å². The molecule has 0 amide bonds. The van der Waals surface area contributed by atoms with E-state index in [0.29, 0.717) is 44.5 Å². The summed E-state index contributed by atoms with van der Waals surface area (Å²) in [6.45, 7) is 14.7. The third kappa shape index (κ3) is 3.90. The molecule has 174 valence electrons. The number of rotatable bonds is 5. The van der Waals surface area contributed by atoms with Gasteiger partial charge in [-0.2, -0.15) is 0 Å². The van der Waals surface area contributed by atoms with Gasteiger partial charge in [0.2, 0.25) is 0 Å². The lowest BCUT2D eigenvalue weighted by molar-refractivity contribution is -0.116. The van der Waals surface area contributed by atoms with Gasteiger partial charge in [0.15, 0.2) is 5.78 Å². The van der Waals surface area contributed by atoms with Crippen LogP contribution in [-0.2, 0) is 4.79 Å². The highest BCUT2D eigenvalue weighted by Gasteiger charge is 2.57. The molecule has 0 aromatic rings. The summed E-state index contributed by atoms with van der Waals surface area (Å²) in [5.41, 5.74) is 3.85. The van der Waals surface area contributed by atoms with Crippen LogP contribution in [0.4, 0.5) is 0 Å². The van der Waals surface area contributed by atoms with Crippen LogP contribution in [0.5, 0.6) is 0 Å². The Kier molecular flexibility index (Phi) is 6.81. The van der Waals surface area contributed by atoms with Crippen LogP contribution in [0.2, 0.25) is 0 Å². The van der Waals surface area contributed by atoms with E-state index in [2.05, 4.69) is 79.5 Å². The van der Waals surface area contributed by atoms with Crippen molar-refractivity contribution in [2.24, 2.45) is 46.3 Å². The molecule has 0 aromatic heterocycles. The van der Waals surface area contributed by atoms with E-state index in [1.54, 1.807) is 5.57 Å². The first-order chi connectivity index (χ1) is 14.5. The Morgan fingerprint density at radius 1 is 0.968 bits per heavy atom. The van der Waals surface area contributed by atoms with Gasteiger partial charge in [0, 0.05) is 16.1 Å². The first kappa shape index (κ1) is 24.2. The molecule has 0 spiro atoms. The molecule has 4 aliphatic rings. The van der Waals surface area contributed by atoms with E-state index >= 15 is 0 Å². The first-order valence-corrected chi connectivity index (χ1v) is 14.6. The normalized spacial score (nSPS) is 41.5. The van der Waals surface area contributed by atoms with Gasteiger partial charge in [-0.1, -0.05) is 90.6 Å². The molecule has 4 aliphatic carbocycles. The van der Waals surface area contributed by atoms with Crippen LogP contribution in [0, 0.1) is 46.3 Å². The van der Waals surface area contributed by atoms with E-state index in [1.807, 2.05) is 6.08 Å². The topological polar surface area (TPSA) is 17.1 Å². The summed E-state index contributed by atoms with van der Waals surface area (Å²) in [6.07, 6.45) is 12.8. The first-order valence-electron chi connectivity index (χ1n) is 12.7. The predicted octanol–water partition coefficient (Wildman–Crippen LogP) is 8.51. The van der Waals surface area contributed by atoms with Gasteiger partial charge < -0.3 is 0 Å². The van der Waals surface area contributed by atoms with Gasteiger partial charge in [0.05, 0.1) is 0 Å². The highest BCUT2D eigenvalue weighted by molar-refractivity contribution is 9.12. The average molecular weight is 554 g/mol. The van der Waals surface area contributed by atoms with Crippen LogP contribution in [0.3, 0.4) is 0 Å². The monoisotopic (exact) mass is 552 g/mol. The van der Waals surface area contributed by atoms with Gasteiger partial charge in [-0.05, 0) is 90.9 Å². The Hall–Kier alpha value is 0.110. The number of hydrogen-bond acceptors (Lipinski definition) is 1. The molecular formula is C28H42Br2O. The van der Waals surface area contributed by atoms with Crippen molar-refractivity contribution in [3.63, 3.8) is 0 Å². The molecule has 0 bridgehead atoms. The zero-order valence-corrected chi connectivity index (χ0v) is 23.6. The van der Waals surface area contributed by atoms with Crippen LogP contribution < -0.4 is 0 Å². The molecule has 2 fully saturated rings. The Labute approximate surface area is 207 Å². The summed E-state index contributed by atoms with van der Waals surface area (Å²) in [5.74, 6) is 4.55. The SMILES string of the molecule is CC(C)[C@@H](C)[C@H](Br)[C@H](Br)[C@@H](C)[C@@H]1CC[C@@H]2C3=CCC4=CC(=O)CC[C@]4(C)[C@H]3CC[C@]21C. The number of carbonyl (C=O) groups is 1. The van der Waals surface area contributed by atoms with Crippen molar-refractivity contribution in [2.45, 2.75) is 96.1 Å². The third-order valence-corrected chi connectivity index (χ3v) is 14.0.